The molecule has 3 nitrogen and oxygen atoms in total. The van der Waals surface area contributed by atoms with Gasteiger partial charge in [0.05, 0.1) is 0 Å². The zero-order chi connectivity index (χ0) is 14.4. The van der Waals surface area contributed by atoms with Crippen LogP contribution in [0.3, 0.4) is 0 Å². The Morgan fingerprint density at radius 2 is 2.05 bits per heavy atom. The summed E-state index contributed by atoms with van der Waals surface area (Å²) in [5.41, 5.74) is 1.38. The molecule has 1 aromatic rings. The molecule has 0 bridgehead atoms. The maximum Gasteiger partial charge on any atom is 0.0270 e. The summed E-state index contributed by atoms with van der Waals surface area (Å²) in [4.78, 5) is 6.57. The molecule has 0 saturated heterocycles. The van der Waals surface area contributed by atoms with Crippen LogP contribution in [0.1, 0.15) is 31.7 Å². The first-order chi connectivity index (χ1) is 9.69. The lowest BCUT2D eigenvalue weighted by molar-refractivity contribution is 0.166. The summed E-state index contributed by atoms with van der Waals surface area (Å²) in [6, 6.07) is 4.94. The van der Waals surface area contributed by atoms with Crippen molar-refractivity contribution in [3.63, 3.8) is 0 Å². The van der Waals surface area contributed by atoms with E-state index in [0.29, 0.717) is 6.04 Å². The Hall–Kier alpha value is -0.930. The van der Waals surface area contributed by atoms with Gasteiger partial charge in [-0.05, 0) is 69.3 Å². The highest BCUT2D eigenvalue weighted by Crippen LogP contribution is 2.29. The summed E-state index contributed by atoms with van der Waals surface area (Å²) >= 11 is 0. The molecule has 0 aromatic carbocycles. The molecule has 3 unspecified atom stereocenters. The van der Waals surface area contributed by atoms with Gasteiger partial charge in [-0.1, -0.05) is 6.92 Å². The number of hydrogen-bond donors (Lipinski definition) is 1. The van der Waals surface area contributed by atoms with Gasteiger partial charge in [0.15, 0.2) is 0 Å². The highest BCUT2D eigenvalue weighted by Gasteiger charge is 2.28. The molecule has 0 spiro atoms. The number of pyridine rings is 1. The average molecular weight is 275 g/mol. The Bertz CT molecular complexity index is 379. The maximum absolute atomic E-state index is 4.07. The Morgan fingerprint density at radius 3 is 2.75 bits per heavy atom. The molecule has 20 heavy (non-hydrogen) atoms. The van der Waals surface area contributed by atoms with Gasteiger partial charge in [-0.3, -0.25) is 4.98 Å². The van der Waals surface area contributed by atoms with Crippen LogP contribution in [-0.4, -0.2) is 43.1 Å². The fourth-order valence-electron chi connectivity index (χ4n) is 3.44. The summed E-state index contributed by atoms with van der Waals surface area (Å²) in [7, 11) is 4.37. The standard InChI is InChI=1S/C17H29N3/c1-14-4-5-17(18-2)16(12-14)13-20(3)11-8-15-6-9-19-10-7-15/h6-7,9-10,14,16-18H,4-5,8,11-13H2,1-3H3. The second-order valence-corrected chi connectivity index (χ2v) is 6.44. The fraction of sp³-hybridized carbons (Fsp3) is 0.706. The minimum absolute atomic E-state index is 0.703. The van der Waals surface area contributed by atoms with Crippen molar-refractivity contribution in [1.82, 2.24) is 15.2 Å². The quantitative estimate of drug-likeness (QED) is 0.865. The summed E-state index contributed by atoms with van der Waals surface area (Å²) in [6.45, 7) is 4.74. The number of rotatable bonds is 6. The van der Waals surface area contributed by atoms with Gasteiger partial charge >= 0.3 is 0 Å². The monoisotopic (exact) mass is 275 g/mol. The molecule has 1 N–H and O–H groups in total. The average Bonchev–Trinajstić information content (AvgIpc) is 2.46. The van der Waals surface area contributed by atoms with Crippen LogP contribution in [0.5, 0.6) is 0 Å². The molecule has 1 saturated carbocycles. The number of nitrogens with zero attached hydrogens (tertiary/aromatic N) is 2. The highest BCUT2D eigenvalue weighted by molar-refractivity contribution is 5.09. The number of likely N-dealkylation sites (N-methyl/N-ethyl adjacent to an activating group) is 1. The van der Waals surface area contributed by atoms with E-state index >= 15 is 0 Å². The van der Waals surface area contributed by atoms with E-state index in [1.807, 2.05) is 12.4 Å². The van der Waals surface area contributed by atoms with Gasteiger partial charge in [0.2, 0.25) is 0 Å². The largest absolute Gasteiger partial charge is 0.317 e. The molecule has 1 aliphatic rings. The predicted octanol–water partition coefficient (Wildman–Crippen LogP) is 2.58. The first kappa shape index (κ1) is 15.5. The second-order valence-electron chi connectivity index (χ2n) is 6.44. The van der Waals surface area contributed by atoms with Crippen LogP contribution in [0.4, 0.5) is 0 Å². The first-order valence-corrected chi connectivity index (χ1v) is 7.93. The smallest absolute Gasteiger partial charge is 0.0270 e. The predicted molar refractivity (Wildman–Crippen MR) is 84.8 cm³/mol. The third-order valence-electron chi connectivity index (χ3n) is 4.69. The minimum Gasteiger partial charge on any atom is -0.317 e. The Labute approximate surface area is 123 Å². The van der Waals surface area contributed by atoms with Gasteiger partial charge in [-0.2, -0.15) is 0 Å². The molecule has 0 aliphatic heterocycles. The van der Waals surface area contributed by atoms with Crippen LogP contribution >= 0.6 is 0 Å². The van der Waals surface area contributed by atoms with Crippen LogP contribution in [-0.2, 0) is 6.42 Å². The van der Waals surface area contributed by atoms with Gasteiger partial charge in [-0.15, -0.1) is 0 Å². The molecule has 3 heteroatoms. The van der Waals surface area contributed by atoms with Crippen LogP contribution in [0, 0.1) is 11.8 Å². The van der Waals surface area contributed by atoms with Crippen molar-refractivity contribution in [2.75, 3.05) is 27.2 Å². The van der Waals surface area contributed by atoms with Crippen molar-refractivity contribution in [1.29, 1.82) is 0 Å². The van der Waals surface area contributed by atoms with Crippen LogP contribution in [0.2, 0.25) is 0 Å². The van der Waals surface area contributed by atoms with E-state index < -0.39 is 0 Å². The van der Waals surface area contributed by atoms with Crippen molar-refractivity contribution >= 4 is 0 Å². The Balaban J connectivity index is 1.79. The molecule has 112 valence electrons. The van der Waals surface area contributed by atoms with Gasteiger partial charge in [-0.25, -0.2) is 0 Å². The molecule has 1 heterocycles. The lowest BCUT2D eigenvalue weighted by Gasteiger charge is -2.37. The van der Waals surface area contributed by atoms with Crippen molar-refractivity contribution in [3.05, 3.63) is 30.1 Å². The third kappa shape index (κ3) is 4.57. The van der Waals surface area contributed by atoms with Crippen LogP contribution < -0.4 is 5.32 Å². The lowest BCUT2D eigenvalue weighted by Crippen LogP contribution is -2.43. The Kier molecular flexibility index (Phi) is 5.99. The molecule has 2 rings (SSSR count). The normalized spacial score (nSPS) is 26.9. The molecule has 0 radical (unpaired) electrons. The van der Waals surface area contributed by atoms with E-state index in [1.54, 1.807) is 0 Å². The van der Waals surface area contributed by atoms with Crippen molar-refractivity contribution in [2.45, 2.75) is 38.6 Å². The van der Waals surface area contributed by atoms with Gasteiger partial charge in [0.1, 0.15) is 0 Å². The molecule has 1 fully saturated rings. The molecule has 0 amide bonds. The third-order valence-corrected chi connectivity index (χ3v) is 4.69. The van der Waals surface area contributed by atoms with E-state index in [9.17, 15) is 0 Å². The van der Waals surface area contributed by atoms with E-state index in [2.05, 4.69) is 48.4 Å². The summed E-state index contributed by atoms with van der Waals surface area (Å²) in [6.07, 6.45) is 8.96. The molecule has 1 aliphatic carbocycles. The van der Waals surface area contributed by atoms with E-state index in [4.69, 9.17) is 0 Å². The number of aromatic nitrogens is 1. The van der Waals surface area contributed by atoms with Crippen molar-refractivity contribution < 1.29 is 0 Å². The van der Waals surface area contributed by atoms with Crippen molar-refractivity contribution in [3.8, 4) is 0 Å². The zero-order valence-electron chi connectivity index (χ0n) is 13.2. The van der Waals surface area contributed by atoms with E-state index in [-0.39, 0.29) is 0 Å². The fourth-order valence-corrected chi connectivity index (χ4v) is 3.44. The van der Waals surface area contributed by atoms with Crippen LogP contribution in [0.25, 0.3) is 0 Å². The summed E-state index contributed by atoms with van der Waals surface area (Å²) < 4.78 is 0. The lowest BCUT2D eigenvalue weighted by atomic mass is 9.78. The topological polar surface area (TPSA) is 28.2 Å². The first-order valence-electron chi connectivity index (χ1n) is 7.93. The summed E-state index contributed by atoms with van der Waals surface area (Å²) in [5, 5.41) is 3.52. The van der Waals surface area contributed by atoms with Crippen molar-refractivity contribution in [2.24, 2.45) is 11.8 Å². The minimum atomic E-state index is 0.703. The van der Waals surface area contributed by atoms with E-state index in [1.165, 1.54) is 31.4 Å². The van der Waals surface area contributed by atoms with Crippen LogP contribution in [0.15, 0.2) is 24.5 Å². The van der Waals surface area contributed by atoms with Gasteiger partial charge < -0.3 is 10.2 Å². The molecular weight excluding hydrogens is 246 g/mol. The molecule has 1 aromatic heterocycles. The Morgan fingerprint density at radius 1 is 1.30 bits per heavy atom. The molecular formula is C17H29N3. The highest BCUT2D eigenvalue weighted by atomic mass is 15.1. The second kappa shape index (κ2) is 7.75. The van der Waals surface area contributed by atoms with Gasteiger partial charge in [0.25, 0.3) is 0 Å². The molecule has 3 atom stereocenters. The maximum atomic E-state index is 4.07. The SMILES string of the molecule is CNC1CCC(C)CC1CN(C)CCc1ccncc1. The zero-order valence-corrected chi connectivity index (χ0v) is 13.2. The van der Waals surface area contributed by atoms with Gasteiger partial charge in [0, 0.05) is 31.5 Å². The summed E-state index contributed by atoms with van der Waals surface area (Å²) in [5.74, 6) is 1.68. The number of nitrogens with one attached hydrogen (secondary N) is 1. The number of hydrogen-bond acceptors (Lipinski definition) is 3. The van der Waals surface area contributed by atoms with E-state index in [0.717, 1.165) is 24.8 Å².